The van der Waals surface area contributed by atoms with Crippen molar-refractivity contribution >= 4 is 21.9 Å². The van der Waals surface area contributed by atoms with Gasteiger partial charge in [-0.2, -0.15) is 4.31 Å². The van der Waals surface area contributed by atoms with Crippen molar-refractivity contribution in [1.29, 1.82) is 0 Å². The van der Waals surface area contributed by atoms with Gasteiger partial charge in [-0.1, -0.05) is 0 Å². The number of primary amides is 1. The molecule has 1 atom stereocenters. The van der Waals surface area contributed by atoms with E-state index in [-0.39, 0.29) is 18.0 Å². The van der Waals surface area contributed by atoms with Crippen LogP contribution in [-0.2, 0) is 24.3 Å². The molecule has 10 heteroatoms. The van der Waals surface area contributed by atoms with Crippen LogP contribution in [0.4, 0.5) is 0 Å². The Kier molecular flexibility index (Phi) is 6.66. The molecule has 27 heavy (non-hydrogen) atoms. The van der Waals surface area contributed by atoms with E-state index in [1.165, 1.54) is 43.6 Å². The van der Waals surface area contributed by atoms with E-state index < -0.39 is 33.9 Å². The van der Waals surface area contributed by atoms with Gasteiger partial charge in [0.15, 0.2) is 17.6 Å². The van der Waals surface area contributed by atoms with E-state index in [2.05, 4.69) is 0 Å². The van der Waals surface area contributed by atoms with Crippen LogP contribution < -0.4 is 15.2 Å². The van der Waals surface area contributed by atoms with Gasteiger partial charge in [0, 0.05) is 19.2 Å². The first-order chi connectivity index (χ1) is 12.7. The summed E-state index contributed by atoms with van der Waals surface area (Å²) in [6, 6.07) is 4.38. The van der Waals surface area contributed by atoms with E-state index in [4.69, 9.17) is 19.9 Å². The van der Waals surface area contributed by atoms with Crippen LogP contribution in [0.1, 0.15) is 19.8 Å². The van der Waals surface area contributed by atoms with Crippen molar-refractivity contribution in [2.45, 2.75) is 30.8 Å². The molecule has 0 unspecified atom stereocenters. The zero-order chi connectivity index (χ0) is 20.2. The zero-order valence-corrected chi connectivity index (χ0v) is 16.3. The van der Waals surface area contributed by atoms with Gasteiger partial charge in [-0.25, -0.2) is 8.42 Å². The Morgan fingerprint density at radius 2 is 1.74 bits per heavy atom. The zero-order valence-electron chi connectivity index (χ0n) is 15.5. The molecule has 1 aliphatic rings. The van der Waals surface area contributed by atoms with E-state index in [0.717, 1.165) is 0 Å². The van der Waals surface area contributed by atoms with Crippen LogP contribution in [0.15, 0.2) is 23.1 Å². The maximum atomic E-state index is 12.9. The van der Waals surface area contributed by atoms with Crippen molar-refractivity contribution in [3.63, 3.8) is 0 Å². The molecule has 0 aliphatic carbocycles. The molecule has 2 rings (SSSR count). The number of sulfonamides is 1. The Balaban J connectivity index is 2.06. The molecule has 1 saturated heterocycles. The summed E-state index contributed by atoms with van der Waals surface area (Å²) in [5.74, 6) is -0.983. The van der Waals surface area contributed by atoms with Gasteiger partial charge in [0.1, 0.15) is 0 Å². The highest BCUT2D eigenvalue weighted by atomic mass is 32.2. The molecule has 1 heterocycles. The monoisotopic (exact) mass is 400 g/mol. The topological polar surface area (TPSA) is 125 Å². The Labute approximate surface area is 158 Å². The standard InChI is InChI=1S/C17H24N2O7S/c1-11(16(18)20)26-17(21)12-6-8-19(9-7-12)27(22,23)13-4-5-14(24-2)15(10-13)25-3/h4-5,10-12H,6-9H2,1-3H3,(H2,18,20)/t11-/m0/s1. The first-order valence-corrected chi connectivity index (χ1v) is 9.86. The molecule has 1 amide bonds. The lowest BCUT2D eigenvalue weighted by Crippen LogP contribution is -2.41. The predicted octanol–water partition coefficient (Wildman–Crippen LogP) is 0.522. The molecular weight excluding hydrogens is 376 g/mol. The molecule has 0 radical (unpaired) electrons. The summed E-state index contributed by atoms with van der Waals surface area (Å²) in [6.45, 7) is 1.74. The summed E-state index contributed by atoms with van der Waals surface area (Å²) in [5, 5.41) is 0. The van der Waals surface area contributed by atoms with Crippen LogP contribution in [0.2, 0.25) is 0 Å². The third-order valence-electron chi connectivity index (χ3n) is 4.47. The number of esters is 1. The lowest BCUT2D eigenvalue weighted by molar-refractivity contribution is -0.159. The lowest BCUT2D eigenvalue weighted by Gasteiger charge is -2.30. The van der Waals surface area contributed by atoms with Crippen molar-refractivity contribution in [3.8, 4) is 11.5 Å². The summed E-state index contributed by atoms with van der Waals surface area (Å²) < 4.78 is 42.3. The van der Waals surface area contributed by atoms with Gasteiger partial charge >= 0.3 is 5.97 Å². The molecule has 0 spiro atoms. The highest BCUT2D eigenvalue weighted by molar-refractivity contribution is 7.89. The minimum Gasteiger partial charge on any atom is -0.493 e. The number of benzene rings is 1. The summed E-state index contributed by atoms with van der Waals surface area (Å²) in [6.07, 6.45) is -0.403. The smallest absolute Gasteiger partial charge is 0.309 e. The maximum absolute atomic E-state index is 12.9. The van der Waals surface area contributed by atoms with Crippen LogP contribution in [0.5, 0.6) is 11.5 Å². The number of hydrogen-bond acceptors (Lipinski definition) is 7. The molecule has 150 valence electrons. The summed E-state index contributed by atoms with van der Waals surface area (Å²) in [4.78, 5) is 23.1. The molecular formula is C17H24N2O7S. The van der Waals surface area contributed by atoms with Gasteiger partial charge in [0.25, 0.3) is 5.91 Å². The molecule has 1 aromatic rings. The lowest BCUT2D eigenvalue weighted by atomic mass is 9.98. The highest BCUT2D eigenvalue weighted by Crippen LogP contribution is 2.32. The summed E-state index contributed by atoms with van der Waals surface area (Å²) in [5.41, 5.74) is 5.08. The fourth-order valence-corrected chi connectivity index (χ4v) is 4.27. The maximum Gasteiger partial charge on any atom is 0.309 e. The predicted molar refractivity (Wildman–Crippen MR) is 95.8 cm³/mol. The quantitative estimate of drug-likeness (QED) is 0.662. The van der Waals surface area contributed by atoms with Crippen molar-refractivity contribution in [1.82, 2.24) is 4.31 Å². The number of nitrogens with two attached hydrogens (primary N) is 1. The molecule has 0 saturated carbocycles. The Morgan fingerprint density at radius 1 is 1.15 bits per heavy atom. The third kappa shape index (κ3) is 4.69. The second kappa shape index (κ2) is 8.57. The van der Waals surface area contributed by atoms with Gasteiger partial charge in [0.05, 0.1) is 25.0 Å². The van der Waals surface area contributed by atoms with Crippen LogP contribution >= 0.6 is 0 Å². The van der Waals surface area contributed by atoms with Crippen LogP contribution in [0.3, 0.4) is 0 Å². The van der Waals surface area contributed by atoms with Crippen molar-refractivity contribution in [2.24, 2.45) is 11.7 Å². The SMILES string of the molecule is COc1ccc(S(=O)(=O)N2CCC(C(=O)O[C@@H](C)C(N)=O)CC2)cc1OC. The summed E-state index contributed by atoms with van der Waals surface area (Å²) in [7, 11) is -0.837. The van der Waals surface area contributed by atoms with Crippen LogP contribution in [0.25, 0.3) is 0 Å². The molecule has 0 bridgehead atoms. The second-order valence-corrected chi connectivity index (χ2v) is 8.11. The van der Waals surface area contributed by atoms with Gasteiger partial charge in [-0.3, -0.25) is 9.59 Å². The molecule has 1 aromatic carbocycles. The Hall–Kier alpha value is -2.33. The number of piperidine rings is 1. The van der Waals surface area contributed by atoms with Crippen LogP contribution in [0, 0.1) is 5.92 Å². The van der Waals surface area contributed by atoms with E-state index in [9.17, 15) is 18.0 Å². The molecule has 1 fully saturated rings. The largest absolute Gasteiger partial charge is 0.493 e. The first kappa shape index (κ1) is 21.0. The second-order valence-electron chi connectivity index (χ2n) is 6.18. The molecule has 9 nitrogen and oxygen atoms in total. The average molecular weight is 400 g/mol. The normalized spacial score (nSPS) is 17.1. The van der Waals surface area contributed by atoms with Crippen molar-refractivity contribution in [2.75, 3.05) is 27.3 Å². The van der Waals surface area contributed by atoms with Crippen LogP contribution in [-0.4, -0.2) is 58.0 Å². The first-order valence-electron chi connectivity index (χ1n) is 8.42. The third-order valence-corrected chi connectivity index (χ3v) is 6.37. The minimum atomic E-state index is -3.73. The number of rotatable bonds is 7. The van der Waals surface area contributed by atoms with E-state index in [1.807, 2.05) is 0 Å². The van der Waals surface area contributed by atoms with Crippen molar-refractivity contribution < 1.29 is 32.2 Å². The molecule has 2 N–H and O–H groups in total. The number of hydrogen-bond donors (Lipinski definition) is 1. The Morgan fingerprint density at radius 3 is 2.26 bits per heavy atom. The van der Waals surface area contributed by atoms with Gasteiger partial charge < -0.3 is 19.9 Å². The van der Waals surface area contributed by atoms with E-state index in [0.29, 0.717) is 24.3 Å². The van der Waals surface area contributed by atoms with Crippen molar-refractivity contribution in [3.05, 3.63) is 18.2 Å². The minimum absolute atomic E-state index is 0.0866. The number of amides is 1. The van der Waals surface area contributed by atoms with Gasteiger partial charge in [-0.15, -0.1) is 0 Å². The van der Waals surface area contributed by atoms with E-state index >= 15 is 0 Å². The van der Waals surface area contributed by atoms with Gasteiger partial charge in [-0.05, 0) is 31.9 Å². The number of carbonyl (C=O) groups excluding carboxylic acids is 2. The molecule has 0 aromatic heterocycles. The summed E-state index contributed by atoms with van der Waals surface area (Å²) >= 11 is 0. The average Bonchev–Trinajstić information content (AvgIpc) is 2.67. The fourth-order valence-electron chi connectivity index (χ4n) is 2.79. The molecule has 1 aliphatic heterocycles. The highest BCUT2D eigenvalue weighted by Gasteiger charge is 2.34. The fraction of sp³-hybridized carbons (Fsp3) is 0.529. The number of nitrogens with zero attached hydrogens (tertiary/aromatic N) is 1. The Bertz CT molecular complexity index is 801. The number of ether oxygens (including phenoxy) is 3. The van der Waals surface area contributed by atoms with Gasteiger partial charge in [0.2, 0.25) is 10.0 Å². The van der Waals surface area contributed by atoms with E-state index in [1.54, 1.807) is 0 Å². The number of methoxy groups -OCH3 is 2. The number of carbonyl (C=O) groups is 2.